The van der Waals surface area contributed by atoms with Gasteiger partial charge in [-0.15, -0.1) is 0 Å². The molecule has 1 nitrogen and oxygen atoms in total. The van der Waals surface area contributed by atoms with E-state index in [1.165, 1.54) is 38.5 Å². The molecule has 4 heteroatoms. The molecule has 0 bridgehead atoms. The molecule has 1 heterocycles. The van der Waals surface area contributed by atoms with Crippen LogP contribution in [0.3, 0.4) is 0 Å². The van der Waals surface area contributed by atoms with Gasteiger partial charge in [-0.25, -0.2) is 4.21 Å². The summed E-state index contributed by atoms with van der Waals surface area (Å²) in [5, 5.41) is 1.41. The summed E-state index contributed by atoms with van der Waals surface area (Å²) in [5.74, 6) is 0. The van der Waals surface area contributed by atoms with Crippen LogP contribution in [0.1, 0.15) is 38.5 Å². The first-order valence-corrected chi connectivity index (χ1v) is 8.56. The predicted molar refractivity (Wildman–Crippen MR) is 58.6 cm³/mol. The van der Waals surface area contributed by atoms with Gasteiger partial charge in [-0.3, -0.25) is 0 Å². The normalized spacial score (nSPS) is 38.7. The zero-order valence-electron chi connectivity index (χ0n) is 7.03. The number of hydrogen-bond donors (Lipinski definition) is 0. The van der Waals surface area contributed by atoms with Gasteiger partial charge in [0.15, 0.2) is 0 Å². The highest BCUT2D eigenvalue weighted by Crippen LogP contribution is 2.47. The van der Waals surface area contributed by atoms with Crippen LogP contribution in [0.4, 0.5) is 0 Å². The molecule has 2 atom stereocenters. The van der Waals surface area contributed by atoms with E-state index in [1.807, 2.05) is 0 Å². The van der Waals surface area contributed by atoms with E-state index in [2.05, 4.69) is 0 Å². The molecule has 0 radical (unpaired) electrons. The molecule has 2 aliphatic rings. The smallest absolute Gasteiger partial charge is 0.141 e. The Morgan fingerprint density at radius 3 is 1.92 bits per heavy atom. The Balaban J connectivity index is 1.96. The Hall–Kier alpha value is 0.850. The van der Waals surface area contributed by atoms with Crippen LogP contribution in [0, 0.1) is 0 Å². The minimum Gasteiger partial charge on any atom is -0.236 e. The van der Waals surface area contributed by atoms with Gasteiger partial charge in [0.05, 0.1) is 0 Å². The molecule has 0 N–H and O–H groups in total. The maximum absolute atomic E-state index is 11.3. The van der Waals surface area contributed by atoms with Gasteiger partial charge in [0.25, 0.3) is 0 Å². The Morgan fingerprint density at radius 1 is 0.917 bits per heavy atom. The van der Waals surface area contributed by atoms with Crippen molar-refractivity contribution in [2.75, 3.05) is 0 Å². The average Bonchev–Trinajstić information content (AvgIpc) is 2.32. The molecule has 0 aromatic carbocycles. The highest BCUT2D eigenvalue weighted by molar-refractivity contribution is 9.03. The molecule has 1 saturated heterocycles. The van der Waals surface area contributed by atoms with Crippen molar-refractivity contribution in [1.29, 1.82) is 0 Å². The first-order chi connectivity index (χ1) is 5.86. The number of hydrogen-bond acceptors (Lipinski definition) is 3. The van der Waals surface area contributed by atoms with Crippen LogP contribution in [0.2, 0.25) is 0 Å². The first-order valence-electron chi connectivity index (χ1n) is 4.62. The molecular weight excluding hydrogens is 208 g/mol. The topological polar surface area (TPSA) is 17.1 Å². The SMILES string of the molecule is O=S1S[C@H]2CCCCCC[C@@H]2S1. The quantitative estimate of drug-likeness (QED) is 0.586. The van der Waals surface area contributed by atoms with Gasteiger partial charge in [0.1, 0.15) is 8.86 Å². The van der Waals surface area contributed by atoms with Gasteiger partial charge < -0.3 is 0 Å². The van der Waals surface area contributed by atoms with Crippen LogP contribution in [0.15, 0.2) is 0 Å². The zero-order valence-corrected chi connectivity index (χ0v) is 9.48. The van der Waals surface area contributed by atoms with Crippen molar-refractivity contribution in [3.05, 3.63) is 0 Å². The van der Waals surface area contributed by atoms with E-state index >= 15 is 0 Å². The van der Waals surface area contributed by atoms with Crippen LogP contribution in [0.25, 0.3) is 0 Å². The van der Waals surface area contributed by atoms with Gasteiger partial charge in [-0.05, 0) is 34.4 Å². The van der Waals surface area contributed by atoms with Crippen LogP contribution in [0.5, 0.6) is 0 Å². The minimum absolute atomic E-state index is 0.625. The summed E-state index contributed by atoms with van der Waals surface area (Å²) in [6.07, 6.45) is 8.09. The molecule has 70 valence electrons. The van der Waals surface area contributed by atoms with E-state index in [1.54, 1.807) is 21.6 Å². The molecule has 1 aliphatic carbocycles. The lowest BCUT2D eigenvalue weighted by Gasteiger charge is -2.18. The minimum atomic E-state index is -0.625. The third kappa shape index (κ3) is 2.20. The molecule has 1 saturated carbocycles. The third-order valence-electron chi connectivity index (χ3n) is 2.55. The molecule has 2 rings (SSSR count). The maximum Gasteiger partial charge on any atom is 0.141 e. The third-order valence-corrected chi connectivity index (χ3v) is 8.50. The first kappa shape index (κ1) is 9.41. The predicted octanol–water partition coefficient (Wildman–Crippen LogP) is 3.14. The second-order valence-corrected chi connectivity index (χ2v) is 9.07. The second-order valence-electron chi connectivity index (χ2n) is 3.47. The Kier molecular flexibility index (Phi) is 3.43. The summed E-state index contributed by atoms with van der Waals surface area (Å²) in [4.78, 5) is 0. The van der Waals surface area contributed by atoms with Crippen molar-refractivity contribution in [2.45, 2.75) is 49.0 Å². The lowest BCUT2D eigenvalue weighted by Crippen LogP contribution is -2.16. The van der Waals surface area contributed by atoms with E-state index in [0.717, 1.165) is 0 Å². The van der Waals surface area contributed by atoms with E-state index < -0.39 is 8.86 Å². The molecule has 0 aromatic heterocycles. The van der Waals surface area contributed by atoms with Crippen LogP contribution in [-0.4, -0.2) is 14.7 Å². The fraction of sp³-hybridized carbons (Fsp3) is 1.00. The van der Waals surface area contributed by atoms with E-state index in [9.17, 15) is 4.21 Å². The van der Waals surface area contributed by atoms with Crippen LogP contribution >= 0.6 is 21.6 Å². The standard InChI is InChI=1S/C8H14OS3/c9-12-10-7-5-3-1-2-4-6-8(7)11-12/h7-8H,1-6H2/t7-,8-/m0/s1. The summed E-state index contributed by atoms with van der Waals surface area (Å²) in [6, 6.07) is 0. The second kappa shape index (κ2) is 4.38. The zero-order chi connectivity index (χ0) is 8.39. The Morgan fingerprint density at radius 2 is 1.42 bits per heavy atom. The lowest BCUT2D eigenvalue weighted by atomic mass is 10.0. The maximum atomic E-state index is 11.3. The van der Waals surface area contributed by atoms with E-state index in [4.69, 9.17) is 0 Å². The van der Waals surface area contributed by atoms with Gasteiger partial charge in [0.2, 0.25) is 0 Å². The average molecular weight is 222 g/mol. The molecule has 1 aliphatic heterocycles. The molecule has 0 amide bonds. The van der Waals surface area contributed by atoms with Crippen LogP contribution < -0.4 is 0 Å². The molecule has 12 heavy (non-hydrogen) atoms. The molecule has 0 aromatic rings. The van der Waals surface area contributed by atoms with Gasteiger partial charge >= 0.3 is 0 Å². The van der Waals surface area contributed by atoms with Gasteiger partial charge in [-0.2, -0.15) is 0 Å². The Bertz CT molecular complexity index is 165. The summed E-state index contributed by atoms with van der Waals surface area (Å²) >= 11 is 0. The van der Waals surface area contributed by atoms with Crippen molar-refractivity contribution in [2.24, 2.45) is 0 Å². The summed E-state index contributed by atoms with van der Waals surface area (Å²) in [6.45, 7) is 0. The summed E-state index contributed by atoms with van der Waals surface area (Å²) in [7, 11) is 2.79. The molecule has 0 spiro atoms. The van der Waals surface area contributed by atoms with Crippen molar-refractivity contribution in [3.63, 3.8) is 0 Å². The van der Waals surface area contributed by atoms with Crippen molar-refractivity contribution in [1.82, 2.24) is 0 Å². The largest absolute Gasteiger partial charge is 0.236 e. The van der Waals surface area contributed by atoms with E-state index in [-0.39, 0.29) is 0 Å². The monoisotopic (exact) mass is 222 g/mol. The van der Waals surface area contributed by atoms with Crippen molar-refractivity contribution in [3.8, 4) is 0 Å². The number of rotatable bonds is 0. The van der Waals surface area contributed by atoms with Gasteiger partial charge in [0, 0.05) is 10.5 Å². The highest BCUT2D eigenvalue weighted by Gasteiger charge is 2.33. The molecule has 2 fully saturated rings. The molecular formula is C8H14OS3. The fourth-order valence-electron chi connectivity index (χ4n) is 1.86. The van der Waals surface area contributed by atoms with Crippen molar-refractivity contribution < 1.29 is 4.21 Å². The van der Waals surface area contributed by atoms with Crippen LogP contribution in [-0.2, 0) is 8.86 Å². The highest BCUT2D eigenvalue weighted by atomic mass is 33.5. The Labute approximate surface area is 83.7 Å². The summed E-state index contributed by atoms with van der Waals surface area (Å²) < 4.78 is 11.3. The molecule has 0 unspecified atom stereocenters. The lowest BCUT2D eigenvalue weighted by molar-refractivity contribution is 0.524. The fourth-order valence-corrected chi connectivity index (χ4v) is 9.07. The van der Waals surface area contributed by atoms with Gasteiger partial charge in [-0.1, -0.05) is 25.7 Å². The van der Waals surface area contributed by atoms with Crippen molar-refractivity contribution >= 4 is 30.5 Å². The summed E-state index contributed by atoms with van der Waals surface area (Å²) in [5.41, 5.74) is 0. The van der Waals surface area contributed by atoms with E-state index in [0.29, 0.717) is 10.5 Å². The number of fused-ring (bicyclic) bond motifs is 1.